The lowest BCUT2D eigenvalue weighted by Crippen LogP contribution is -2.48. The van der Waals surface area contributed by atoms with Crippen LogP contribution in [0.25, 0.3) is 0 Å². The van der Waals surface area contributed by atoms with Gasteiger partial charge in [-0.3, -0.25) is 9.69 Å². The van der Waals surface area contributed by atoms with Crippen LogP contribution in [0.1, 0.15) is 54.5 Å². The maximum Gasteiger partial charge on any atom is 0.414 e. The molecule has 2 fully saturated rings. The molecule has 3 aromatic rings. The lowest BCUT2D eigenvalue weighted by Gasteiger charge is -2.40. The first-order valence-corrected chi connectivity index (χ1v) is 14.8. The second kappa shape index (κ2) is 15.5. The van der Waals surface area contributed by atoms with Gasteiger partial charge in [-0.1, -0.05) is 84.4 Å². The fraction of sp³-hybridized carbons (Fsp3) is 0.364. The van der Waals surface area contributed by atoms with Gasteiger partial charge in [0.25, 0.3) is 0 Å². The number of hydrogen-bond acceptors (Lipinski definition) is 5. The van der Waals surface area contributed by atoms with Crippen molar-refractivity contribution in [2.24, 2.45) is 0 Å². The molecular formula is C33H38ClN3O5. The van der Waals surface area contributed by atoms with Gasteiger partial charge in [-0.25, -0.2) is 9.59 Å². The average molecular weight is 592 g/mol. The van der Waals surface area contributed by atoms with Crippen LogP contribution < -0.4 is 0 Å². The second-order valence-corrected chi connectivity index (χ2v) is 11.0. The highest BCUT2D eigenvalue weighted by Crippen LogP contribution is 2.32. The monoisotopic (exact) mass is 591 g/mol. The summed E-state index contributed by atoms with van der Waals surface area (Å²) in [4.78, 5) is 38.3. The Balaban J connectivity index is 0.000000612. The second-order valence-electron chi connectivity index (χ2n) is 10.6. The molecule has 0 saturated carbocycles. The number of carbonyl (C=O) groups is 3. The van der Waals surface area contributed by atoms with Crippen LogP contribution in [0.2, 0.25) is 5.02 Å². The van der Waals surface area contributed by atoms with Crippen LogP contribution in [-0.4, -0.2) is 82.0 Å². The quantitative estimate of drug-likeness (QED) is 0.341. The summed E-state index contributed by atoms with van der Waals surface area (Å²) in [6.07, 6.45) is 3.77. The summed E-state index contributed by atoms with van der Waals surface area (Å²) in [5.74, 6) is -3.33. The van der Waals surface area contributed by atoms with Gasteiger partial charge in [-0.05, 0) is 54.6 Å². The summed E-state index contributed by atoms with van der Waals surface area (Å²) in [6.45, 7) is 6.03. The van der Waals surface area contributed by atoms with E-state index in [4.69, 9.17) is 31.4 Å². The maximum absolute atomic E-state index is 12.8. The molecule has 0 aromatic heterocycles. The summed E-state index contributed by atoms with van der Waals surface area (Å²) in [7, 11) is 0. The zero-order valence-electron chi connectivity index (χ0n) is 23.6. The first-order valence-electron chi connectivity index (χ1n) is 14.4. The Morgan fingerprint density at radius 1 is 0.786 bits per heavy atom. The van der Waals surface area contributed by atoms with Gasteiger partial charge < -0.3 is 20.0 Å². The molecule has 9 heteroatoms. The molecular weight excluding hydrogens is 554 g/mol. The van der Waals surface area contributed by atoms with Gasteiger partial charge in [0, 0.05) is 44.2 Å². The van der Waals surface area contributed by atoms with Gasteiger partial charge in [0.15, 0.2) is 0 Å². The van der Waals surface area contributed by atoms with E-state index in [1.165, 1.54) is 16.7 Å². The van der Waals surface area contributed by atoms with E-state index in [-0.39, 0.29) is 12.1 Å². The van der Waals surface area contributed by atoms with E-state index in [0.29, 0.717) is 12.3 Å². The summed E-state index contributed by atoms with van der Waals surface area (Å²) in [5.41, 5.74) is 3.88. The van der Waals surface area contributed by atoms with Gasteiger partial charge in [0.05, 0.1) is 12.1 Å². The fourth-order valence-corrected chi connectivity index (χ4v) is 5.95. The molecule has 8 nitrogen and oxygen atoms in total. The number of hydrogen-bond donors (Lipinski definition) is 2. The van der Waals surface area contributed by atoms with Crippen molar-refractivity contribution in [3.63, 3.8) is 0 Å². The predicted molar refractivity (Wildman–Crippen MR) is 162 cm³/mol. The average Bonchev–Trinajstić information content (AvgIpc) is 3.01. The molecule has 3 aromatic carbocycles. The van der Waals surface area contributed by atoms with E-state index in [2.05, 4.69) is 81.4 Å². The largest absolute Gasteiger partial charge is 0.473 e. The van der Waals surface area contributed by atoms with Crippen LogP contribution in [0.4, 0.5) is 0 Å². The molecule has 2 atom stereocenters. The Kier molecular flexibility index (Phi) is 11.5. The number of carboxylic acids is 2. The molecule has 42 heavy (non-hydrogen) atoms. The molecule has 5 rings (SSSR count). The van der Waals surface area contributed by atoms with Crippen molar-refractivity contribution in [2.45, 2.75) is 37.8 Å². The number of halogens is 1. The molecule has 2 aliphatic rings. The number of carbonyl (C=O) groups excluding carboxylic acids is 1. The van der Waals surface area contributed by atoms with Crippen LogP contribution in [0.5, 0.6) is 0 Å². The Labute approximate surface area is 252 Å². The third-order valence-electron chi connectivity index (χ3n) is 7.88. The molecule has 0 bridgehead atoms. The molecule has 0 radical (unpaired) electrons. The van der Waals surface area contributed by atoms with Crippen LogP contribution in [-0.2, 0) is 14.4 Å². The predicted octanol–water partition coefficient (Wildman–Crippen LogP) is 5.35. The Hall–Kier alpha value is -3.72. The van der Waals surface area contributed by atoms with Gasteiger partial charge in [0.2, 0.25) is 5.91 Å². The summed E-state index contributed by atoms with van der Waals surface area (Å²) >= 11 is 6.18. The first kappa shape index (κ1) is 31.2. The van der Waals surface area contributed by atoms with Crippen molar-refractivity contribution in [3.05, 3.63) is 107 Å². The molecule has 0 spiro atoms. The van der Waals surface area contributed by atoms with Crippen LogP contribution in [0.3, 0.4) is 0 Å². The molecule has 2 aliphatic heterocycles. The van der Waals surface area contributed by atoms with Crippen LogP contribution in [0.15, 0.2) is 84.9 Å². The number of piperazine rings is 1. The van der Waals surface area contributed by atoms with Gasteiger partial charge in [0.1, 0.15) is 0 Å². The molecule has 2 heterocycles. The number of nitrogens with zero attached hydrogens (tertiary/aromatic N) is 3. The van der Waals surface area contributed by atoms with E-state index < -0.39 is 11.9 Å². The first-order chi connectivity index (χ1) is 20.3. The zero-order valence-corrected chi connectivity index (χ0v) is 24.4. The number of aliphatic carboxylic acids is 2. The SMILES string of the molecule is O=C(O)C(=O)O.O=C1CCCC(c2ccccc2)N1CCCN1CCN(C(c2ccccc2)c2ccc(Cl)cc2)CC1. The molecule has 2 saturated heterocycles. The highest BCUT2D eigenvalue weighted by molar-refractivity contribution is 6.30. The fourth-order valence-electron chi connectivity index (χ4n) is 5.83. The smallest absolute Gasteiger partial charge is 0.414 e. The van der Waals surface area contributed by atoms with E-state index >= 15 is 0 Å². The summed E-state index contributed by atoms with van der Waals surface area (Å²) < 4.78 is 0. The highest BCUT2D eigenvalue weighted by atomic mass is 35.5. The normalized spacial score (nSPS) is 18.5. The number of carboxylic acid groups (broad SMARTS) is 2. The van der Waals surface area contributed by atoms with Gasteiger partial charge >= 0.3 is 11.9 Å². The molecule has 2 unspecified atom stereocenters. The number of rotatable bonds is 8. The van der Waals surface area contributed by atoms with Crippen LogP contribution in [0, 0.1) is 0 Å². The molecule has 0 aliphatic carbocycles. The van der Waals surface area contributed by atoms with E-state index in [0.717, 1.165) is 63.6 Å². The third-order valence-corrected chi connectivity index (χ3v) is 8.13. The van der Waals surface area contributed by atoms with Crippen molar-refractivity contribution >= 4 is 29.4 Å². The van der Waals surface area contributed by atoms with E-state index in [1.54, 1.807) is 0 Å². The standard InChI is InChI=1S/C31H36ClN3O.C2H2O4/c32-28-17-15-27(16-18-28)31(26-11-5-2-6-12-26)34-23-21-33(22-24-34)19-8-20-35-29(13-7-14-30(35)36)25-9-3-1-4-10-25;3-1(4)2(5)6/h1-6,9-12,15-18,29,31H,7-8,13-14,19-24H2;(H,3,4)(H,5,6). The zero-order chi connectivity index (χ0) is 29.9. The number of piperidine rings is 1. The summed E-state index contributed by atoms with van der Waals surface area (Å²) in [5, 5.41) is 15.6. The van der Waals surface area contributed by atoms with Crippen molar-refractivity contribution in [1.29, 1.82) is 0 Å². The lowest BCUT2D eigenvalue weighted by molar-refractivity contribution is -0.159. The van der Waals surface area contributed by atoms with Crippen molar-refractivity contribution in [3.8, 4) is 0 Å². The summed E-state index contributed by atoms with van der Waals surface area (Å²) in [6, 6.07) is 30.1. The van der Waals surface area contributed by atoms with E-state index in [1.807, 2.05) is 18.2 Å². The maximum atomic E-state index is 12.8. The molecule has 2 N–H and O–H groups in total. The minimum Gasteiger partial charge on any atom is -0.473 e. The van der Waals surface area contributed by atoms with Crippen molar-refractivity contribution in [1.82, 2.24) is 14.7 Å². The number of benzene rings is 3. The van der Waals surface area contributed by atoms with Gasteiger partial charge in [-0.2, -0.15) is 0 Å². The highest BCUT2D eigenvalue weighted by Gasteiger charge is 2.30. The topological polar surface area (TPSA) is 101 Å². The van der Waals surface area contributed by atoms with Crippen molar-refractivity contribution < 1.29 is 24.6 Å². The lowest BCUT2D eigenvalue weighted by atomic mass is 9.94. The molecule has 1 amide bonds. The minimum absolute atomic E-state index is 0.232. The Bertz CT molecular complexity index is 1290. The number of amides is 1. The van der Waals surface area contributed by atoms with Crippen LogP contribution >= 0.6 is 11.6 Å². The molecule has 222 valence electrons. The number of likely N-dealkylation sites (tertiary alicyclic amines) is 1. The van der Waals surface area contributed by atoms with Crippen molar-refractivity contribution in [2.75, 3.05) is 39.3 Å². The third kappa shape index (κ3) is 8.64. The Morgan fingerprint density at radius 2 is 1.36 bits per heavy atom. The van der Waals surface area contributed by atoms with Gasteiger partial charge in [-0.15, -0.1) is 0 Å². The van der Waals surface area contributed by atoms with E-state index in [9.17, 15) is 4.79 Å². The Morgan fingerprint density at radius 3 is 1.95 bits per heavy atom. The minimum atomic E-state index is -1.82.